The first-order valence-electron chi connectivity index (χ1n) is 4.91. The lowest BCUT2D eigenvalue weighted by Crippen LogP contribution is -1.94. The molecule has 0 saturated heterocycles. The zero-order chi connectivity index (χ0) is 10.8. The number of nitrogens with zero attached hydrogens (tertiary/aromatic N) is 1. The summed E-state index contributed by atoms with van der Waals surface area (Å²) in [5, 5.41) is 0. The first-order chi connectivity index (χ1) is 7.93. The van der Waals surface area contributed by atoms with E-state index in [1.54, 1.807) is 6.26 Å². The van der Waals surface area contributed by atoms with Gasteiger partial charge in [-0.1, -0.05) is 6.07 Å². The number of hydrogen-bond donors (Lipinski definition) is 0. The SMILES string of the molecule is c1coc(COc2cccc3ocnc23)c1. The number of furan rings is 1. The van der Waals surface area contributed by atoms with Crippen molar-refractivity contribution in [2.24, 2.45) is 0 Å². The molecule has 4 nitrogen and oxygen atoms in total. The summed E-state index contributed by atoms with van der Waals surface area (Å²) in [5.41, 5.74) is 1.45. The zero-order valence-corrected chi connectivity index (χ0v) is 8.42. The van der Waals surface area contributed by atoms with Gasteiger partial charge in [-0.25, -0.2) is 4.98 Å². The summed E-state index contributed by atoms with van der Waals surface area (Å²) in [6.45, 7) is 0.388. The van der Waals surface area contributed by atoms with Gasteiger partial charge in [-0.15, -0.1) is 0 Å². The summed E-state index contributed by atoms with van der Waals surface area (Å²) in [7, 11) is 0. The Labute approximate surface area is 91.5 Å². The van der Waals surface area contributed by atoms with Gasteiger partial charge in [0.1, 0.15) is 18.1 Å². The Bertz CT molecular complexity index is 583. The number of benzene rings is 1. The van der Waals surface area contributed by atoms with Crippen molar-refractivity contribution >= 4 is 11.1 Å². The maximum Gasteiger partial charge on any atom is 0.182 e. The minimum absolute atomic E-state index is 0.388. The molecule has 0 saturated carbocycles. The highest BCUT2D eigenvalue weighted by Crippen LogP contribution is 2.24. The number of rotatable bonds is 3. The van der Waals surface area contributed by atoms with Crippen molar-refractivity contribution in [3.05, 3.63) is 48.7 Å². The normalized spacial score (nSPS) is 10.8. The van der Waals surface area contributed by atoms with E-state index in [9.17, 15) is 0 Å². The molecule has 0 unspecified atom stereocenters. The molecule has 0 atom stereocenters. The van der Waals surface area contributed by atoms with Crippen molar-refractivity contribution < 1.29 is 13.6 Å². The molecular formula is C12H9NO3. The fourth-order valence-electron chi connectivity index (χ4n) is 1.52. The first kappa shape index (κ1) is 9.03. The van der Waals surface area contributed by atoms with Gasteiger partial charge in [-0.3, -0.25) is 0 Å². The molecule has 3 rings (SSSR count). The van der Waals surface area contributed by atoms with Crippen molar-refractivity contribution in [3.63, 3.8) is 0 Å². The fourth-order valence-corrected chi connectivity index (χ4v) is 1.52. The van der Waals surface area contributed by atoms with Crippen LogP contribution in [0.15, 0.2) is 51.8 Å². The van der Waals surface area contributed by atoms with E-state index in [1.165, 1.54) is 6.39 Å². The minimum Gasteiger partial charge on any atom is -0.483 e. The second-order valence-corrected chi connectivity index (χ2v) is 3.32. The van der Waals surface area contributed by atoms with Crippen molar-refractivity contribution in [1.29, 1.82) is 0 Å². The van der Waals surface area contributed by atoms with Crippen LogP contribution in [0.2, 0.25) is 0 Å². The summed E-state index contributed by atoms with van der Waals surface area (Å²) >= 11 is 0. The van der Waals surface area contributed by atoms with Crippen LogP contribution in [-0.4, -0.2) is 4.98 Å². The van der Waals surface area contributed by atoms with Gasteiger partial charge in [-0.05, 0) is 24.3 Å². The molecule has 0 radical (unpaired) electrons. The lowest BCUT2D eigenvalue weighted by molar-refractivity contribution is 0.273. The quantitative estimate of drug-likeness (QED) is 0.673. The molecule has 0 aliphatic heterocycles. The lowest BCUT2D eigenvalue weighted by Gasteiger charge is -2.03. The van der Waals surface area contributed by atoms with Gasteiger partial charge in [-0.2, -0.15) is 0 Å². The van der Waals surface area contributed by atoms with E-state index in [4.69, 9.17) is 13.6 Å². The topological polar surface area (TPSA) is 48.4 Å². The second kappa shape index (κ2) is 3.73. The average Bonchev–Trinajstić information content (AvgIpc) is 2.97. The van der Waals surface area contributed by atoms with E-state index >= 15 is 0 Å². The molecule has 0 aliphatic carbocycles. The van der Waals surface area contributed by atoms with E-state index < -0.39 is 0 Å². The Kier molecular flexibility index (Phi) is 2.11. The van der Waals surface area contributed by atoms with Crippen LogP contribution < -0.4 is 4.74 Å². The maximum absolute atomic E-state index is 5.61. The second-order valence-electron chi connectivity index (χ2n) is 3.32. The van der Waals surface area contributed by atoms with E-state index in [0.29, 0.717) is 12.4 Å². The number of oxazole rings is 1. The standard InChI is InChI=1S/C12H9NO3/c1-4-10(12-11(5-1)16-8-13-12)15-7-9-3-2-6-14-9/h1-6,8H,7H2. The minimum atomic E-state index is 0.388. The lowest BCUT2D eigenvalue weighted by atomic mass is 10.3. The first-order valence-corrected chi connectivity index (χ1v) is 4.91. The highest BCUT2D eigenvalue weighted by atomic mass is 16.5. The molecule has 2 aromatic heterocycles. The van der Waals surface area contributed by atoms with Crippen molar-refractivity contribution in [3.8, 4) is 5.75 Å². The molecule has 0 fully saturated rings. The van der Waals surface area contributed by atoms with Crippen LogP contribution in [-0.2, 0) is 6.61 Å². The van der Waals surface area contributed by atoms with Crippen LogP contribution in [0, 0.1) is 0 Å². The summed E-state index contributed by atoms with van der Waals surface area (Å²) in [4.78, 5) is 4.10. The highest BCUT2D eigenvalue weighted by Gasteiger charge is 2.06. The number of hydrogen-bond acceptors (Lipinski definition) is 4. The summed E-state index contributed by atoms with van der Waals surface area (Å²) < 4.78 is 16.0. The largest absolute Gasteiger partial charge is 0.483 e. The van der Waals surface area contributed by atoms with Gasteiger partial charge < -0.3 is 13.6 Å². The van der Waals surface area contributed by atoms with Gasteiger partial charge in [0.15, 0.2) is 17.5 Å². The van der Waals surface area contributed by atoms with Crippen LogP contribution >= 0.6 is 0 Å². The van der Waals surface area contributed by atoms with Crippen LogP contribution in [0.3, 0.4) is 0 Å². The van der Waals surface area contributed by atoms with Crippen LogP contribution in [0.4, 0.5) is 0 Å². The summed E-state index contributed by atoms with van der Waals surface area (Å²) in [5.74, 6) is 1.48. The Hall–Kier alpha value is -2.23. The molecule has 1 aromatic carbocycles. The Balaban J connectivity index is 1.86. The molecule has 16 heavy (non-hydrogen) atoms. The monoisotopic (exact) mass is 215 g/mol. The molecule has 0 amide bonds. The van der Waals surface area contributed by atoms with E-state index in [1.807, 2.05) is 30.3 Å². The predicted molar refractivity (Wildman–Crippen MR) is 57.0 cm³/mol. The van der Waals surface area contributed by atoms with Crippen LogP contribution in [0.25, 0.3) is 11.1 Å². The molecular weight excluding hydrogens is 206 g/mol. The Morgan fingerprint density at radius 3 is 3.00 bits per heavy atom. The zero-order valence-electron chi connectivity index (χ0n) is 8.42. The number of aromatic nitrogens is 1. The third kappa shape index (κ3) is 1.54. The van der Waals surface area contributed by atoms with Crippen LogP contribution in [0.1, 0.15) is 5.76 Å². The number of ether oxygens (including phenoxy) is 1. The van der Waals surface area contributed by atoms with Gasteiger partial charge in [0, 0.05) is 0 Å². The maximum atomic E-state index is 5.61. The molecule has 0 bridgehead atoms. The highest BCUT2D eigenvalue weighted by molar-refractivity contribution is 5.79. The van der Waals surface area contributed by atoms with Gasteiger partial charge in [0.25, 0.3) is 0 Å². The molecule has 0 aliphatic rings. The molecule has 0 N–H and O–H groups in total. The number of para-hydroxylation sites is 1. The smallest absolute Gasteiger partial charge is 0.182 e. The van der Waals surface area contributed by atoms with Gasteiger partial charge >= 0.3 is 0 Å². The molecule has 4 heteroatoms. The van der Waals surface area contributed by atoms with Crippen molar-refractivity contribution in [2.75, 3.05) is 0 Å². The number of fused-ring (bicyclic) bond motifs is 1. The van der Waals surface area contributed by atoms with E-state index in [-0.39, 0.29) is 0 Å². The van der Waals surface area contributed by atoms with E-state index in [0.717, 1.165) is 16.9 Å². The third-order valence-corrected chi connectivity index (χ3v) is 2.27. The van der Waals surface area contributed by atoms with Crippen molar-refractivity contribution in [2.45, 2.75) is 6.61 Å². The van der Waals surface area contributed by atoms with Gasteiger partial charge in [0.2, 0.25) is 0 Å². The Morgan fingerprint density at radius 2 is 2.12 bits per heavy atom. The average molecular weight is 215 g/mol. The molecule has 3 aromatic rings. The van der Waals surface area contributed by atoms with E-state index in [2.05, 4.69) is 4.98 Å². The fraction of sp³-hybridized carbons (Fsp3) is 0.0833. The summed E-state index contributed by atoms with van der Waals surface area (Å²) in [6, 6.07) is 9.26. The van der Waals surface area contributed by atoms with Gasteiger partial charge in [0.05, 0.1) is 6.26 Å². The van der Waals surface area contributed by atoms with Crippen molar-refractivity contribution in [1.82, 2.24) is 4.98 Å². The molecule has 0 spiro atoms. The Morgan fingerprint density at radius 1 is 1.12 bits per heavy atom. The molecule has 80 valence electrons. The third-order valence-electron chi connectivity index (χ3n) is 2.27. The van der Waals surface area contributed by atoms with Crippen LogP contribution in [0.5, 0.6) is 5.75 Å². The molecule has 2 heterocycles. The summed E-state index contributed by atoms with van der Waals surface area (Å²) in [6.07, 6.45) is 3.03. The predicted octanol–water partition coefficient (Wildman–Crippen LogP) is 3.00.